The Morgan fingerprint density at radius 1 is 1.50 bits per heavy atom. The van der Waals surface area contributed by atoms with Gasteiger partial charge in [-0.2, -0.15) is 0 Å². The van der Waals surface area contributed by atoms with E-state index in [1.54, 1.807) is 6.07 Å². The van der Waals surface area contributed by atoms with Gasteiger partial charge >= 0.3 is 0 Å². The van der Waals surface area contributed by atoms with Crippen LogP contribution in [0.3, 0.4) is 0 Å². The second-order valence-electron chi connectivity index (χ2n) is 3.38. The monoisotopic (exact) mass is 260 g/mol. The fourth-order valence-corrected chi connectivity index (χ4v) is 1.89. The summed E-state index contributed by atoms with van der Waals surface area (Å²) in [6.45, 7) is 2.03. The van der Waals surface area contributed by atoms with Crippen molar-refractivity contribution in [2.24, 2.45) is 0 Å². The van der Waals surface area contributed by atoms with Gasteiger partial charge in [0.1, 0.15) is 5.82 Å². The van der Waals surface area contributed by atoms with Crippen LogP contribution < -0.4 is 0 Å². The van der Waals surface area contributed by atoms with Crippen LogP contribution in [0.4, 0.5) is 4.39 Å². The average Bonchev–Trinajstić information content (AvgIpc) is 2.10. The zero-order chi connectivity index (χ0) is 10.6. The summed E-state index contributed by atoms with van der Waals surface area (Å²) in [5.41, 5.74) is 0.951. The zero-order valence-electron chi connectivity index (χ0n) is 8.13. The van der Waals surface area contributed by atoms with Gasteiger partial charge < -0.3 is 5.11 Å². The third-order valence-electron chi connectivity index (χ3n) is 2.09. The number of hydrogen-bond acceptors (Lipinski definition) is 1. The molecule has 0 spiro atoms. The molecule has 0 bridgehead atoms. The Labute approximate surface area is 92.1 Å². The summed E-state index contributed by atoms with van der Waals surface area (Å²) in [5, 5.41) is 9.58. The molecule has 1 aromatic carbocycles. The highest BCUT2D eigenvalue weighted by Crippen LogP contribution is 2.20. The molecule has 1 unspecified atom stereocenters. The van der Waals surface area contributed by atoms with E-state index in [-0.39, 0.29) is 11.9 Å². The minimum atomic E-state index is -0.332. The van der Waals surface area contributed by atoms with Crippen LogP contribution in [0, 0.1) is 5.82 Å². The highest BCUT2D eigenvalue weighted by Gasteiger charge is 2.07. The van der Waals surface area contributed by atoms with E-state index in [1.165, 1.54) is 12.1 Å². The highest BCUT2D eigenvalue weighted by atomic mass is 79.9. The van der Waals surface area contributed by atoms with Crippen LogP contribution >= 0.6 is 15.9 Å². The summed E-state index contributed by atoms with van der Waals surface area (Å²) < 4.78 is 13.5. The maximum atomic E-state index is 12.7. The Balaban J connectivity index is 2.67. The summed E-state index contributed by atoms with van der Waals surface area (Å²) >= 11 is 3.28. The smallest absolute Gasteiger partial charge is 0.124 e. The van der Waals surface area contributed by atoms with Gasteiger partial charge in [-0.25, -0.2) is 4.39 Å². The predicted molar refractivity (Wildman–Crippen MR) is 58.7 cm³/mol. The fraction of sp³-hybridized carbons (Fsp3) is 0.455. The summed E-state index contributed by atoms with van der Waals surface area (Å²) in [7, 11) is 0. The maximum Gasteiger partial charge on any atom is 0.124 e. The van der Waals surface area contributed by atoms with Crippen molar-refractivity contribution in [3.8, 4) is 0 Å². The van der Waals surface area contributed by atoms with Crippen LogP contribution in [0.1, 0.15) is 25.3 Å². The van der Waals surface area contributed by atoms with Gasteiger partial charge in [-0.1, -0.05) is 35.3 Å². The first kappa shape index (κ1) is 11.7. The number of aliphatic hydroxyl groups is 1. The van der Waals surface area contributed by atoms with Crippen LogP contribution in [0.5, 0.6) is 0 Å². The van der Waals surface area contributed by atoms with E-state index in [1.807, 2.05) is 6.92 Å². The van der Waals surface area contributed by atoms with Gasteiger partial charge in [-0.05, 0) is 30.5 Å². The van der Waals surface area contributed by atoms with E-state index in [0.717, 1.165) is 22.9 Å². The minimum absolute atomic E-state index is 0.259. The molecule has 1 rings (SSSR count). The summed E-state index contributed by atoms with van der Waals surface area (Å²) in [5.74, 6) is -0.259. The SMILES string of the molecule is CCCC(O)Cc1ccc(F)cc1Br. The molecule has 1 N–H and O–H groups in total. The van der Waals surface area contributed by atoms with Gasteiger partial charge in [0.05, 0.1) is 6.10 Å². The van der Waals surface area contributed by atoms with Crippen molar-refractivity contribution in [3.05, 3.63) is 34.1 Å². The summed E-state index contributed by atoms with van der Waals surface area (Å²) in [4.78, 5) is 0. The molecule has 0 heterocycles. The van der Waals surface area contributed by atoms with Crippen LogP contribution in [0.15, 0.2) is 22.7 Å². The van der Waals surface area contributed by atoms with Crippen molar-refractivity contribution in [1.29, 1.82) is 0 Å². The largest absolute Gasteiger partial charge is 0.393 e. The molecule has 0 aliphatic carbocycles. The Kier molecular flexibility index (Phi) is 4.55. The van der Waals surface area contributed by atoms with Crippen LogP contribution in [0.2, 0.25) is 0 Å². The van der Waals surface area contributed by atoms with Gasteiger partial charge in [-0.15, -0.1) is 0 Å². The molecule has 0 fully saturated rings. The zero-order valence-corrected chi connectivity index (χ0v) is 9.72. The van der Waals surface area contributed by atoms with Crippen molar-refractivity contribution in [2.45, 2.75) is 32.3 Å². The summed E-state index contributed by atoms with van der Waals surface area (Å²) in [6.07, 6.45) is 1.99. The van der Waals surface area contributed by atoms with Crippen molar-refractivity contribution in [2.75, 3.05) is 0 Å². The lowest BCUT2D eigenvalue weighted by molar-refractivity contribution is 0.163. The first-order valence-electron chi connectivity index (χ1n) is 4.75. The number of aliphatic hydroxyl groups excluding tert-OH is 1. The number of hydrogen-bond donors (Lipinski definition) is 1. The lowest BCUT2D eigenvalue weighted by atomic mass is 10.0. The predicted octanol–water partition coefficient (Wildman–Crippen LogP) is 3.29. The molecule has 1 atom stereocenters. The molecule has 3 heteroatoms. The van der Waals surface area contributed by atoms with Crippen molar-refractivity contribution < 1.29 is 9.50 Å². The van der Waals surface area contributed by atoms with Crippen LogP contribution in [-0.2, 0) is 6.42 Å². The lowest BCUT2D eigenvalue weighted by Gasteiger charge is -2.10. The van der Waals surface area contributed by atoms with Crippen molar-refractivity contribution in [3.63, 3.8) is 0 Å². The Morgan fingerprint density at radius 2 is 2.21 bits per heavy atom. The van der Waals surface area contributed by atoms with Gasteiger partial charge in [0.2, 0.25) is 0 Å². The number of rotatable bonds is 4. The van der Waals surface area contributed by atoms with Gasteiger partial charge in [0.25, 0.3) is 0 Å². The third kappa shape index (κ3) is 3.39. The average molecular weight is 261 g/mol. The fourth-order valence-electron chi connectivity index (χ4n) is 1.38. The molecule has 0 aromatic heterocycles. The second kappa shape index (κ2) is 5.47. The highest BCUT2D eigenvalue weighted by molar-refractivity contribution is 9.10. The van der Waals surface area contributed by atoms with Crippen LogP contribution in [-0.4, -0.2) is 11.2 Å². The third-order valence-corrected chi connectivity index (χ3v) is 2.83. The van der Waals surface area contributed by atoms with Gasteiger partial charge in [0.15, 0.2) is 0 Å². The molecule has 0 aliphatic heterocycles. The molecule has 0 radical (unpaired) electrons. The molecule has 0 saturated heterocycles. The van der Waals surface area contributed by atoms with Gasteiger partial charge in [-0.3, -0.25) is 0 Å². The molecule has 78 valence electrons. The standard InChI is InChI=1S/C11H14BrFO/c1-2-3-10(14)6-8-4-5-9(13)7-11(8)12/h4-5,7,10,14H,2-3,6H2,1H3. The van der Waals surface area contributed by atoms with E-state index in [9.17, 15) is 9.50 Å². The quantitative estimate of drug-likeness (QED) is 0.881. The number of benzene rings is 1. The lowest BCUT2D eigenvalue weighted by Crippen LogP contribution is -2.10. The van der Waals surface area contributed by atoms with Gasteiger partial charge in [0, 0.05) is 4.47 Å². The van der Waals surface area contributed by atoms with Crippen molar-refractivity contribution >= 4 is 15.9 Å². The normalized spacial score (nSPS) is 12.9. The maximum absolute atomic E-state index is 12.7. The van der Waals surface area contributed by atoms with E-state index >= 15 is 0 Å². The molecule has 1 nitrogen and oxygen atoms in total. The van der Waals surface area contributed by atoms with E-state index in [4.69, 9.17) is 0 Å². The Morgan fingerprint density at radius 3 is 2.79 bits per heavy atom. The molecule has 0 aliphatic rings. The van der Waals surface area contributed by atoms with Crippen LogP contribution in [0.25, 0.3) is 0 Å². The summed E-state index contributed by atoms with van der Waals surface area (Å²) in [6, 6.07) is 4.55. The number of halogens is 2. The topological polar surface area (TPSA) is 20.2 Å². The molecule has 0 saturated carbocycles. The Bertz CT molecular complexity index is 301. The minimum Gasteiger partial charge on any atom is -0.393 e. The molecular weight excluding hydrogens is 247 g/mol. The molecule has 1 aromatic rings. The van der Waals surface area contributed by atoms with E-state index < -0.39 is 0 Å². The Hall–Kier alpha value is -0.410. The van der Waals surface area contributed by atoms with E-state index in [2.05, 4.69) is 15.9 Å². The van der Waals surface area contributed by atoms with E-state index in [0.29, 0.717) is 6.42 Å². The van der Waals surface area contributed by atoms with Crippen molar-refractivity contribution in [1.82, 2.24) is 0 Å². The molecule has 14 heavy (non-hydrogen) atoms. The second-order valence-corrected chi connectivity index (χ2v) is 4.24. The first-order chi connectivity index (χ1) is 6.63. The molecular formula is C11H14BrFO. The molecule has 0 amide bonds. The first-order valence-corrected chi connectivity index (χ1v) is 5.54.